The van der Waals surface area contributed by atoms with E-state index in [9.17, 15) is 22.4 Å². The molecule has 0 spiro atoms. The Morgan fingerprint density at radius 2 is 1.76 bits per heavy atom. The summed E-state index contributed by atoms with van der Waals surface area (Å²) in [7, 11) is 0. The first-order valence-electron chi connectivity index (χ1n) is 7.20. The van der Waals surface area contributed by atoms with Gasteiger partial charge in [-0.05, 0) is 58.5 Å². The molecule has 0 fully saturated rings. The third kappa shape index (κ3) is 6.15. The minimum atomic E-state index is -4.36. The van der Waals surface area contributed by atoms with E-state index in [0.717, 1.165) is 24.3 Å². The van der Waals surface area contributed by atoms with Gasteiger partial charge in [0.25, 0.3) is 0 Å². The molecule has 2 rings (SSSR count). The Bertz CT molecular complexity index is 754. The quantitative estimate of drug-likeness (QED) is 0.241. The number of ether oxygens (including phenoxy) is 1. The molecule has 1 unspecified atom stereocenters. The van der Waals surface area contributed by atoms with Crippen LogP contribution >= 0.6 is 22.6 Å². The molecule has 0 saturated carbocycles. The predicted octanol–water partition coefficient (Wildman–Crippen LogP) is 5.84. The molecule has 25 heavy (non-hydrogen) atoms. The van der Waals surface area contributed by atoms with Crippen LogP contribution in [-0.4, -0.2) is 12.1 Å². The summed E-state index contributed by atoms with van der Waals surface area (Å²) in [5.74, 6) is -1.17. The Morgan fingerprint density at radius 1 is 1.12 bits per heavy atom. The van der Waals surface area contributed by atoms with Crippen LogP contribution in [0.3, 0.4) is 0 Å². The molecular formula is C18H13F4IO2. The van der Waals surface area contributed by atoms with Crippen molar-refractivity contribution < 1.29 is 27.1 Å². The van der Waals surface area contributed by atoms with Gasteiger partial charge < -0.3 is 4.74 Å². The highest BCUT2D eigenvalue weighted by molar-refractivity contribution is 14.1. The number of hydrogen-bond donors (Lipinski definition) is 0. The maximum Gasteiger partial charge on any atom is 0.392 e. The van der Waals surface area contributed by atoms with Gasteiger partial charge in [0.2, 0.25) is 0 Å². The molecule has 0 aliphatic rings. The third-order valence-electron chi connectivity index (χ3n) is 3.19. The van der Waals surface area contributed by atoms with E-state index in [2.05, 4.69) is 0 Å². The number of benzene rings is 2. The van der Waals surface area contributed by atoms with Crippen molar-refractivity contribution in [1.29, 1.82) is 0 Å². The molecule has 132 valence electrons. The molecule has 0 bridgehead atoms. The van der Waals surface area contributed by atoms with Crippen molar-refractivity contribution in [2.45, 2.75) is 18.7 Å². The molecule has 0 aliphatic carbocycles. The Balaban J connectivity index is 2.23. The lowest BCUT2D eigenvalue weighted by Crippen LogP contribution is -2.12. The van der Waals surface area contributed by atoms with Crippen LogP contribution in [0.5, 0.6) is 0 Å². The zero-order valence-electron chi connectivity index (χ0n) is 12.8. The fourth-order valence-electron chi connectivity index (χ4n) is 2.00. The van der Waals surface area contributed by atoms with Gasteiger partial charge in [0.05, 0.1) is 12.0 Å². The molecular weight excluding hydrogens is 451 g/mol. The second kappa shape index (κ2) is 8.46. The first kappa shape index (κ1) is 19.4. The van der Waals surface area contributed by atoms with Crippen molar-refractivity contribution in [1.82, 2.24) is 0 Å². The minimum Gasteiger partial charge on any atom is -0.450 e. The average Bonchev–Trinajstić information content (AvgIpc) is 2.54. The van der Waals surface area contributed by atoms with Gasteiger partial charge in [-0.25, -0.2) is 9.18 Å². The van der Waals surface area contributed by atoms with E-state index in [1.165, 1.54) is 12.1 Å². The molecule has 0 aliphatic heterocycles. The van der Waals surface area contributed by atoms with Gasteiger partial charge in [-0.15, -0.1) is 0 Å². The van der Waals surface area contributed by atoms with Gasteiger partial charge in [-0.3, -0.25) is 0 Å². The van der Waals surface area contributed by atoms with Gasteiger partial charge in [0.1, 0.15) is 11.9 Å². The van der Waals surface area contributed by atoms with Crippen LogP contribution in [0.2, 0.25) is 0 Å². The van der Waals surface area contributed by atoms with Crippen molar-refractivity contribution in [3.05, 3.63) is 81.2 Å². The maximum absolute atomic E-state index is 13.1. The summed E-state index contributed by atoms with van der Waals surface area (Å²) in [5, 5.41) is 0. The highest BCUT2D eigenvalue weighted by Gasteiger charge is 2.25. The van der Waals surface area contributed by atoms with E-state index in [4.69, 9.17) is 4.74 Å². The highest BCUT2D eigenvalue weighted by atomic mass is 127. The molecule has 1 atom stereocenters. The molecule has 0 aromatic heterocycles. The molecule has 0 N–H and O–H groups in total. The summed E-state index contributed by atoms with van der Waals surface area (Å²) < 4.78 is 56.1. The van der Waals surface area contributed by atoms with E-state index in [1.54, 1.807) is 24.3 Å². The molecule has 2 aromatic carbocycles. The number of carbonyl (C=O) groups excluding carboxylic acids is 1. The van der Waals surface area contributed by atoms with E-state index in [1.807, 2.05) is 22.6 Å². The van der Waals surface area contributed by atoms with Gasteiger partial charge in [-0.2, -0.15) is 13.2 Å². The van der Waals surface area contributed by atoms with Crippen LogP contribution in [0.25, 0.3) is 0 Å². The van der Waals surface area contributed by atoms with Gasteiger partial charge >= 0.3 is 12.1 Å². The number of hydrogen-bond acceptors (Lipinski definition) is 2. The van der Waals surface area contributed by atoms with Crippen LogP contribution in [-0.2, 0) is 4.74 Å². The molecule has 0 heterocycles. The van der Waals surface area contributed by atoms with Crippen LogP contribution in [0.1, 0.15) is 28.4 Å². The fraction of sp³-hybridized carbons (Fsp3) is 0.167. The molecule has 0 saturated heterocycles. The van der Waals surface area contributed by atoms with Crippen molar-refractivity contribution >= 4 is 28.6 Å². The molecule has 0 radical (unpaired) electrons. The van der Waals surface area contributed by atoms with E-state index >= 15 is 0 Å². The second-order valence-electron chi connectivity index (χ2n) is 5.10. The lowest BCUT2D eigenvalue weighted by Gasteiger charge is -2.16. The third-order valence-corrected chi connectivity index (χ3v) is 4.13. The summed E-state index contributed by atoms with van der Waals surface area (Å²) in [6, 6.07) is 11.7. The Morgan fingerprint density at radius 3 is 2.36 bits per heavy atom. The summed E-state index contributed by atoms with van der Waals surface area (Å²) in [5.41, 5.74) is 0.679. The largest absolute Gasteiger partial charge is 0.450 e. The normalized spacial score (nSPS) is 13.0. The van der Waals surface area contributed by atoms with Crippen LogP contribution in [0.4, 0.5) is 17.6 Å². The molecule has 0 amide bonds. The van der Waals surface area contributed by atoms with E-state index in [-0.39, 0.29) is 0 Å². The van der Waals surface area contributed by atoms with Gasteiger partial charge in [0, 0.05) is 3.57 Å². The second-order valence-corrected chi connectivity index (χ2v) is 6.27. The van der Waals surface area contributed by atoms with Crippen molar-refractivity contribution in [2.24, 2.45) is 0 Å². The number of esters is 1. The molecule has 2 nitrogen and oxygen atoms in total. The lowest BCUT2D eigenvalue weighted by atomic mass is 10.1. The first-order valence-corrected chi connectivity index (χ1v) is 8.28. The number of alkyl halides is 3. The van der Waals surface area contributed by atoms with E-state index < -0.39 is 30.5 Å². The van der Waals surface area contributed by atoms with Crippen LogP contribution in [0.15, 0.2) is 60.7 Å². The van der Waals surface area contributed by atoms with Crippen LogP contribution < -0.4 is 0 Å². The lowest BCUT2D eigenvalue weighted by molar-refractivity contribution is -0.125. The number of carbonyl (C=O) groups is 1. The predicted molar refractivity (Wildman–Crippen MR) is 93.5 cm³/mol. The summed E-state index contributed by atoms with van der Waals surface area (Å²) in [6.07, 6.45) is -4.52. The Hall–Kier alpha value is -1.90. The zero-order valence-corrected chi connectivity index (χ0v) is 14.9. The van der Waals surface area contributed by atoms with E-state index in [0.29, 0.717) is 14.7 Å². The summed E-state index contributed by atoms with van der Waals surface area (Å²) in [4.78, 5) is 12.3. The first-order chi connectivity index (χ1) is 11.8. The van der Waals surface area contributed by atoms with Crippen molar-refractivity contribution in [3.8, 4) is 0 Å². The Kier molecular flexibility index (Phi) is 6.57. The smallest absolute Gasteiger partial charge is 0.392 e. The molecule has 7 heteroatoms. The van der Waals surface area contributed by atoms with Crippen molar-refractivity contribution in [3.63, 3.8) is 0 Å². The highest BCUT2D eigenvalue weighted by Crippen LogP contribution is 2.25. The molecule has 2 aromatic rings. The Labute approximate surface area is 155 Å². The summed E-state index contributed by atoms with van der Waals surface area (Å²) in [6.45, 7) is 0. The fourth-order valence-corrected chi connectivity index (χ4v) is 2.61. The number of halogens is 5. The standard InChI is InChI=1S/C18H13F4IO2/c19-13-9-7-12(8-10-13)16(6-3-11-18(20,21)22)25-17(24)14-4-1-2-5-15(14)23/h1-10,16H,11H2/b6-3+. The minimum absolute atomic E-state index is 0.305. The SMILES string of the molecule is O=C(OC(/C=C/CC(F)(F)F)c1ccc(F)cc1)c1ccccc1I. The van der Waals surface area contributed by atoms with Gasteiger partial charge in [0.15, 0.2) is 0 Å². The van der Waals surface area contributed by atoms with Crippen molar-refractivity contribution in [2.75, 3.05) is 0 Å². The topological polar surface area (TPSA) is 26.3 Å². The number of rotatable bonds is 5. The number of allylic oxidation sites excluding steroid dienone is 1. The monoisotopic (exact) mass is 464 g/mol. The zero-order chi connectivity index (χ0) is 18.4. The van der Waals surface area contributed by atoms with Crippen LogP contribution in [0, 0.1) is 9.39 Å². The summed E-state index contributed by atoms with van der Waals surface area (Å²) >= 11 is 1.96. The van der Waals surface area contributed by atoms with Gasteiger partial charge in [-0.1, -0.05) is 30.3 Å². The maximum atomic E-state index is 13.1. The average molecular weight is 464 g/mol.